The second-order valence-electron chi connectivity index (χ2n) is 7.60. The molecule has 6 nitrogen and oxygen atoms in total. The van der Waals surface area contributed by atoms with E-state index in [9.17, 15) is 0 Å². The average Bonchev–Trinajstić information content (AvgIpc) is 3.25. The van der Waals surface area contributed by atoms with Crippen molar-refractivity contribution in [3.05, 3.63) is 52.1 Å². The van der Waals surface area contributed by atoms with Crippen LogP contribution in [0.5, 0.6) is 5.75 Å². The van der Waals surface area contributed by atoms with Gasteiger partial charge in [0.25, 0.3) is 0 Å². The molecule has 1 fully saturated rings. The minimum Gasteiger partial charge on any atom is -0.496 e. The van der Waals surface area contributed by atoms with Gasteiger partial charge >= 0.3 is 0 Å². The maximum Gasteiger partial charge on any atom is 0.216 e. The molecule has 1 aliphatic carbocycles. The molecule has 4 rings (SSSR count). The summed E-state index contributed by atoms with van der Waals surface area (Å²) in [5.41, 5.74) is 4.50. The van der Waals surface area contributed by atoms with Crippen LogP contribution in [0.1, 0.15) is 55.1 Å². The van der Waals surface area contributed by atoms with Crippen LogP contribution in [-0.4, -0.2) is 32.8 Å². The Labute approximate surface area is 176 Å². The molecular formula is C22H27N5OS. The molecule has 1 saturated carbocycles. The lowest BCUT2D eigenvalue weighted by molar-refractivity contribution is 0.346. The molecule has 29 heavy (non-hydrogen) atoms. The summed E-state index contributed by atoms with van der Waals surface area (Å²) < 4.78 is 10.1. The molecule has 0 unspecified atom stereocenters. The largest absolute Gasteiger partial charge is 0.496 e. The molecule has 0 radical (unpaired) electrons. The Balaban J connectivity index is 1.69. The number of para-hydroxylation sites is 1. The monoisotopic (exact) mass is 409 g/mol. The lowest BCUT2D eigenvalue weighted by Crippen LogP contribution is -2.15. The third kappa shape index (κ3) is 3.79. The Hall–Kier alpha value is -2.67. The van der Waals surface area contributed by atoms with E-state index < -0.39 is 0 Å². The van der Waals surface area contributed by atoms with Crippen LogP contribution in [0.4, 0.5) is 0 Å². The topological polar surface area (TPSA) is 60.1 Å². The molecule has 7 heteroatoms. The Kier molecular flexibility index (Phi) is 5.67. The zero-order chi connectivity index (χ0) is 20.4. The van der Waals surface area contributed by atoms with E-state index in [1.807, 2.05) is 30.5 Å². The van der Waals surface area contributed by atoms with Crippen molar-refractivity contribution in [3.8, 4) is 17.1 Å². The Morgan fingerprint density at radius 2 is 1.97 bits per heavy atom. The molecule has 152 valence electrons. The molecule has 0 atom stereocenters. The van der Waals surface area contributed by atoms with Gasteiger partial charge < -0.3 is 9.30 Å². The highest BCUT2D eigenvalue weighted by Gasteiger charge is 2.20. The summed E-state index contributed by atoms with van der Waals surface area (Å²) in [6, 6.07) is 10.5. The molecule has 1 aliphatic rings. The number of nitrogens with one attached hydrogen (secondary N) is 1. The van der Waals surface area contributed by atoms with Crippen molar-refractivity contribution >= 4 is 18.4 Å². The van der Waals surface area contributed by atoms with Crippen molar-refractivity contribution in [3.63, 3.8) is 0 Å². The zero-order valence-corrected chi connectivity index (χ0v) is 18.0. The first-order valence-electron chi connectivity index (χ1n) is 10.1. The number of ether oxygens (including phenoxy) is 1. The number of methoxy groups -OCH3 is 1. The van der Waals surface area contributed by atoms with E-state index in [0.717, 1.165) is 16.9 Å². The normalized spacial score (nSPS) is 15.3. The fraction of sp³-hybridized carbons (Fsp3) is 0.409. The van der Waals surface area contributed by atoms with Crippen molar-refractivity contribution in [2.45, 2.75) is 52.0 Å². The van der Waals surface area contributed by atoms with Gasteiger partial charge in [0.2, 0.25) is 4.77 Å². The van der Waals surface area contributed by atoms with Crippen LogP contribution in [0.2, 0.25) is 0 Å². The standard InChI is InChI=1S/C22H27N5OS/c1-15-13-17(16(2)26(15)18-9-5-4-6-10-18)14-23-27-21(24-25-22(27)29)19-11-7-8-12-20(19)28-3/h7-8,11-14,18H,4-6,9-10H2,1-3H3,(H,25,29)/b23-14+. The van der Waals surface area contributed by atoms with E-state index in [4.69, 9.17) is 17.0 Å². The molecule has 1 N–H and O–H groups in total. The highest BCUT2D eigenvalue weighted by Crippen LogP contribution is 2.32. The highest BCUT2D eigenvalue weighted by molar-refractivity contribution is 7.71. The Morgan fingerprint density at radius 3 is 2.72 bits per heavy atom. The van der Waals surface area contributed by atoms with Gasteiger partial charge in [0.15, 0.2) is 5.82 Å². The summed E-state index contributed by atoms with van der Waals surface area (Å²) >= 11 is 5.42. The van der Waals surface area contributed by atoms with Gasteiger partial charge in [-0.05, 0) is 57.1 Å². The van der Waals surface area contributed by atoms with E-state index >= 15 is 0 Å². The van der Waals surface area contributed by atoms with Crippen LogP contribution in [0.3, 0.4) is 0 Å². The van der Waals surface area contributed by atoms with Gasteiger partial charge in [0.05, 0.1) is 18.9 Å². The number of nitrogens with zero attached hydrogens (tertiary/aromatic N) is 4. The second-order valence-corrected chi connectivity index (χ2v) is 7.98. The number of hydrogen-bond donors (Lipinski definition) is 1. The highest BCUT2D eigenvalue weighted by atomic mass is 32.1. The molecule has 2 heterocycles. The van der Waals surface area contributed by atoms with Crippen LogP contribution in [-0.2, 0) is 0 Å². The summed E-state index contributed by atoms with van der Waals surface area (Å²) in [6.07, 6.45) is 8.39. The predicted molar refractivity (Wildman–Crippen MR) is 118 cm³/mol. The fourth-order valence-corrected chi connectivity index (χ4v) is 4.54. The van der Waals surface area contributed by atoms with E-state index in [-0.39, 0.29) is 0 Å². The molecule has 0 saturated heterocycles. The summed E-state index contributed by atoms with van der Waals surface area (Å²) in [6.45, 7) is 4.36. The number of aromatic nitrogens is 4. The van der Waals surface area contributed by atoms with Crippen molar-refractivity contribution in [1.82, 2.24) is 19.4 Å². The quantitative estimate of drug-likeness (QED) is 0.452. The van der Waals surface area contributed by atoms with Gasteiger partial charge in [-0.3, -0.25) is 0 Å². The van der Waals surface area contributed by atoms with Gasteiger partial charge in [-0.25, -0.2) is 5.10 Å². The van der Waals surface area contributed by atoms with Gasteiger partial charge in [0, 0.05) is 23.0 Å². The van der Waals surface area contributed by atoms with Crippen molar-refractivity contribution in [2.24, 2.45) is 5.10 Å². The second kappa shape index (κ2) is 8.37. The molecule has 0 amide bonds. The van der Waals surface area contributed by atoms with Gasteiger partial charge in [-0.15, -0.1) is 0 Å². The molecule has 0 bridgehead atoms. The van der Waals surface area contributed by atoms with Crippen LogP contribution in [0.15, 0.2) is 35.4 Å². The number of H-pyrrole nitrogens is 1. The number of aryl methyl sites for hydroxylation is 1. The fourth-order valence-electron chi connectivity index (χ4n) is 4.36. The summed E-state index contributed by atoms with van der Waals surface area (Å²) in [5, 5.41) is 11.9. The molecular weight excluding hydrogens is 382 g/mol. The van der Waals surface area contributed by atoms with Crippen molar-refractivity contribution in [2.75, 3.05) is 7.11 Å². The van der Waals surface area contributed by atoms with Crippen LogP contribution >= 0.6 is 12.2 Å². The number of benzene rings is 1. The average molecular weight is 410 g/mol. The van der Waals surface area contributed by atoms with E-state index in [0.29, 0.717) is 16.6 Å². The van der Waals surface area contributed by atoms with Crippen molar-refractivity contribution < 1.29 is 4.74 Å². The summed E-state index contributed by atoms with van der Waals surface area (Å²) in [5.74, 6) is 1.36. The lowest BCUT2D eigenvalue weighted by atomic mass is 9.95. The first-order valence-corrected chi connectivity index (χ1v) is 10.5. The predicted octanol–water partition coefficient (Wildman–Crippen LogP) is 5.42. The first kappa shape index (κ1) is 19.6. The molecule has 3 aromatic rings. The smallest absolute Gasteiger partial charge is 0.216 e. The third-order valence-corrected chi connectivity index (χ3v) is 6.04. The molecule has 2 aromatic heterocycles. The van der Waals surface area contributed by atoms with E-state index in [1.165, 1.54) is 43.5 Å². The molecule has 0 spiro atoms. The minimum absolute atomic E-state index is 0.447. The van der Waals surface area contributed by atoms with Gasteiger partial charge in [-0.2, -0.15) is 14.9 Å². The van der Waals surface area contributed by atoms with E-state index in [2.05, 4.69) is 39.8 Å². The van der Waals surface area contributed by atoms with Crippen LogP contribution in [0.25, 0.3) is 11.4 Å². The summed E-state index contributed by atoms with van der Waals surface area (Å²) in [7, 11) is 1.65. The summed E-state index contributed by atoms with van der Waals surface area (Å²) in [4.78, 5) is 0. The van der Waals surface area contributed by atoms with Gasteiger partial charge in [-0.1, -0.05) is 31.4 Å². The van der Waals surface area contributed by atoms with Crippen LogP contribution in [0, 0.1) is 18.6 Å². The first-order chi connectivity index (χ1) is 14.1. The number of aromatic amines is 1. The molecule has 1 aromatic carbocycles. The maximum atomic E-state index is 5.48. The zero-order valence-electron chi connectivity index (χ0n) is 17.2. The number of rotatable bonds is 5. The minimum atomic E-state index is 0.447. The Morgan fingerprint density at radius 1 is 1.21 bits per heavy atom. The van der Waals surface area contributed by atoms with E-state index in [1.54, 1.807) is 11.8 Å². The van der Waals surface area contributed by atoms with Gasteiger partial charge in [0.1, 0.15) is 5.75 Å². The van der Waals surface area contributed by atoms with Crippen molar-refractivity contribution in [1.29, 1.82) is 0 Å². The maximum absolute atomic E-state index is 5.48. The Bertz CT molecular complexity index is 1090. The third-order valence-electron chi connectivity index (χ3n) is 5.77. The lowest BCUT2D eigenvalue weighted by Gasteiger charge is -2.26. The molecule has 0 aliphatic heterocycles. The SMILES string of the molecule is COc1ccccc1-c1n[nH]c(=S)n1/N=C/c1cc(C)n(C2CCCCC2)c1C. The number of hydrogen-bond acceptors (Lipinski definition) is 4. The van der Waals surface area contributed by atoms with Crippen LogP contribution < -0.4 is 4.74 Å².